The maximum atomic E-state index is 15.0. The molecule has 4 rings (SSSR count). The van der Waals surface area contributed by atoms with E-state index >= 15 is 0 Å². The predicted octanol–water partition coefficient (Wildman–Crippen LogP) is 0.501. The molecule has 1 aliphatic rings. The number of nitrogens with one attached hydrogen (secondary N) is 3. The standard InChI is InChI=1S/C34H42FN4O6.C10H15N3O4.C3H7NO2.2CH3NO.Pb/c1-7-10-28(38(5)31(42)18-45-19-36-30(41)11-8-2)32-23-12-20(4)26(35)14-27(23)37-33-24(32)15-39-29(33)13-22(21(9-3)16-40)25(17-44-6)34(39)43;1-2-3-10(17)13(7-14)6-9(16)12-5-4-8(11)15;1-4-2-3(5)6;2*2-1-3;/h12-14,16,21,28H,2,7-11,15,17-19H2,1,3-6H3,(H,36,41);2-3,7H,4-6H2,1H3,(H2,11,15)(H,12,16);4H,2H2,1H3,(H,5,6);2*1H,(H2,2,3);/b;3-2-;;;;. The number of primary amides is 3. The number of aromatic nitrogens is 2. The first-order valence-electron chi connectivity index (χ1n) is 23.4. The largest absolute Gasteiger partial charge is 0.480 e. The van der Waals surface area contributed by atoms with E-state index in [1.54, 1.807) is 43.5 Å². The molecule has 10 N–H and O–H groups in total. The molecule has 24 nitrogen and oxygen atoms in total. The van der Waals surface area contributed by atoms with E-state index in [1.165, 1.54) is 25.3 Å². The third-order valence-corrected chi connectivity index (χ3v) is 12.1. The fraction of sp³-hybridized carbons (Fsp3) is 0.469. The number of pyridine rings is 2. The molecule has 2 atom stereocenters. The molecule has 0 aliphatic carbocycles. The van der Waals surface area contributed by atoms with Gasteiger partial charge in [0, 0.05) is 48.6 Å². The fourth-order valence-corrected chi connectivity index (χ4v) is 7.91. The third kappa shape index (κ3) is 22.7. The zero-order valence-corrected chi connectivity index (χ0v) is 47.3. The van der Waals surface area contributed by atoms with E-state index in [1.807, 2.05) is 19.9 Å². The van der Waals surface area contributed by atoms with Crippen LogP contribution in [0.5, 0.6) is 0 Å². The number of allylic oxidation sites excluding steroid dienone is 1. The molecule has 2 aromatic heterocycles. The Morgan fingerprint density at radius 1 is 1.03 bits per heavy atom. The van der Waals surface area contributed by atoms with Crippen LogP contribution in [-0.4, -0.2) is 165 Å². The monoisotopic (exact) mass is 1250 g/mol. The van der Waals surface area contributed by atoms with E-state index in [2.05, 4.69) is 27.4 Å². The second kappa shape index (κ2) is 37.8. The topological polar surface area (TPSA) is 365 Å². The molecule has 0 spiro atoms. The number of rotatable bonds is 25. The maximum absolute atomic E-state index is 15.0. The Morgan fingerprint density at radius 3 is 2.19 bits per heavy atom. The van der Waals surface area contributed by atoms with Crippen molar-refractivity contribution in [2.24, 2.45) is 17.2 Å². The van der Waals surface area contributed by atoms with Gasteiger partial charge in [0.1, 0.15) is 18.6 Å². The van der Waals surface area contributed by atoms with Crippen molar-refractivity contribution in [3.05, 3.63) is 74.3 Å². The van der Waals surface area contributed by atoms with Crippen molar-refractivity contribution in [3.8, 4) is 11.4 Å². The first-order valence-corrected chi connectivity index (χ1v) is 26.2. The number of hydrogen-bond acceptors (Lipinski definition) is 15. The summed E-state index contributed by atoms with van der Waals surface area (Å²) in [5.41, 5.74) is 17.5. The van der Waals surface area contributed by atoms with Gasteiger partial charge < -0.3 is 47.0 Å². The number of carboxylic acid groups (broad SMARTS) is 1. The molecule has 0 saturated carbocycles. The Labute approximate surface area is 450 Å². The van der Waals surface area contributed by atoms with Crippen molar-refractivity contribution >= 4 is 97.7 Å². The molecule has 26 heteroatoms. The number of carboxylic acids is 1. The van der Waals surface area contributed by atoms with Crippen LogP contribution in [0.2, 0.25) is 3.98 Å². The van der Waals surface area contributed by atoms with Crippen LogP contribution in [0.15, 0.2) is 35.1 Å². The minimum absolute atomic E-state index is 0.00956. The van der Waals surface area contributed by atoms with Crippen molar-refractivity contribution in [1.82, 2.24) is 35.3 Å². The van der Waals surface area contributed by atoms with Crippen molar-refractivity contribution in [1.29, 1.82) is 0 Å². The molecule has 3 heterocycles. The van der Waals surface area contributed by atoms with E-state index in [0.717, 1.165) is 64.9 Å². The number of amides is 8. The summed E-state index contributed by atoms with van der Waals surface area (Å²) in [6.45, 7) is 6.92. The number of methoxy groups -OCH3 is 1. The molecule has 411 valence electrons. The smallest absolute Gasteiger partial charge is 0.317 e. The number of carbonyl (C=O) groups is 10. The summed E-state index contributed by atoms with van der Waals surface area (Å²) in [6.07, 6.45) is 7.38. The number of halogens is 1. The van der Waals surface area contributed by atoms with Gasteiger partial charge in [0.25, 0.3) is 11.5 Å². The molecular formula is C49H70FN10O14Pb. The van der Waals surface area contributed by atoms with Crippen LogP contribution < -0.4 is 38.7 Å². The van der Waals surface area contributed by atoms with Crippen LogP contribution in [0, 0.1) is 12.7 Å². The zero-order chi connectivity index (χ0) is 57.2. The van der Waals surface area contributed by atoms with Gasteiger partial charge in [0.15, 0.2) is 0 Å². The first kappa shape index (κ1) is 68.2. The van der Waals surface area contributed by atoms with Crippen molar-refractivity contribution in [2.75, 3.05) is 54.2 Å². The molecule has 3 radical (unpaired) electrons. The Morgan fingerprint density at radius 2 is 1.68 bits per heavy atom. The van der Waals surface area contributed by atoms with E-state index in [-0.39, 0.29) is 89.1 Å². The van der Waals surface area contributed by atoms with Gasteiger partial charge in [-0.3, -0.25) is 43.3 Å². The molecule has 0 bridgehead atoms. The number of ether oxygens (including phenoxy) is 2. The fourth-order valence-electron chi connectivity index (χ4n) is 7.22. The number of aryl methyl sites for hydroxylation is 1. The van der Waals surface area contributed by atoms with Gasteiger partial charge in [-0.1, -0.05) is 26.3 Å². The summed E-state index contributed by atoms with van der Waals surface area (Å²) in [5, 5.41) is 16.1. The molecule has 8 amide bonds. The maximum Gasteiger partial charge on any atom is 0.317 e. The molecule has 0 fully saturated rings. The zero-order valence-electron chi connectivity index (χ0n) is 43.4. The Hall–Kier alpha value is -6.85. The van der Waals surface area contributed by atoms with Gasteiger partial charge in [-0.15, -0.1) is 0 Å². The minimum Gasteiger partial charge on any atom is -0.480 e. The number of benzene rings is 1. The van der Waals surface area contributed by atoms with Crippen molar-refractivity contribution < 1.29 is 66.9 Å². The van der Waals surface area contributed by atoms with E-state index < -0.39 is 41.5 Å². The van der Waals surface area contributed by atoms with Gasteiger partial charge in [-0.25, -0.2) is 9.37 Å². The van der Waals surface area contributed by atoms with Crippen LogP contribution in [0.4, 0.5) is 4.39 Å². The number of aliphatic carboxylic acids is 1. The van der Waals surface area contributed by atoms with Gasteiger partial charge >= 0.3 is 123 Å². The van der Waals surface area contributed by atoms with Gasteiger partial charge in [0.2, 0.25) is 31.0 Å². The number of fused-ring (bicyclic) bond motifs is 4. The Kier molecular flexibility index (Phi) is 34.4. The second-order valence-electron chi connectivity index (χ2n) is 16.0. The molecule has 1 aromatic carbocycles. The summed E-state index contributed by atoms with van der Waals surface area (Å²) in [6, 6.07) is 4.56. The number of imide groups is 1. The predicted molar refractivity (Wildman–Crippen MR) is 276 cm³/mol. The average molecular weight is 1250 g/mol. The normalized spacial score (nSPS) is 11.4. The third-order valence-electron chi connectivity index (χ3n) is 10.7. The Balaban J connectivity index is 0.00000155. The van der Waals surface area contributed by atoms with E-state index in [4.69, 9.17) is 34.9 Å². The number of hydrogen-bond donors (Lipinski definition) is 7. The van der Waals surface area contributed by atoms with Crippen molar-refractivity contribution in [2.45, 2.75) is 95.3 Å². The quantitative estimate of drug-likeness (QED) is 0.0156. The Bertz CT molecular complexity index is 2500. The molecule has 2 unspecified atom stereocenters. The van der Waals surface area contributed by atoms with Gasteiger partial charge in [-0.05, 0) is 56.7 Å². The van der Waals surface area contributed by atoms with Crippen LogP contribution in [0.3, 0.4) is 0 Å². The summed E-state index contributed by atoms with van der Waals surface area (Å²) in [4.78, 5) is 129. The van der Waals surface area contributed by atoms with E-state index in [0.29, 0.717) is 58.2 Å². The minimum atomic E-state index is -0.822. The number of aldehydes is 1. The molecular weight excluding hydrogens is 1180 g/mol. The van der Waals surface area contributed by atoms with Gasteiger partial charge in [-0.2, -0.15) is 0 Å². The SMILES string of the molecule is C/C=C\C(=O)N(C=O)CC(=O)NCCC(N)=O.CCCC(c1c2c(nc3cc(F)c(C)cc13)-c1cc(C(C=O)CC)c(COC)c(=O)n1C2)N(C)C(=O)COCNC(=O)CC[CH2][Pb].CNCC(=O)O.NC=O.NC=O. The summed E-state index contributed by atoms with van der Waals surface area (Å²) in [5.74, 6) is -3.76. The second-order valence-corrected chi connectivity index (χ2v) is 17.9. The van der Waals surface area contributed by atoms with Crippen LogP contribution in [-0.2, 0) is 70.6 Å². The average Bonchev–Trinajstić information content (AvgIpc) is 3.73. The number of carbonyl (C=O) groups excluding carboxylic acids is 9. The first-order chi connectivity index (χ1) is 35.7. The van der Waals surface area contributed by atoms with Gasteiger partial charge in [0.05, 0.1) is 36.6 Å². The van der Waals surface area contributed by atoms with Crippen molar-refractivity contribution in [3.63, 3.8) is 0 Å². The van der Waals surface area contributed by atoms with Crippen LogP contribution >= 0.6 is 0 Å². The molecule has 1 aliphatic heterocycles. The summed E-state index contributed by atoms with van der Waals surface area (Å²) in [7, 11) is 4.81. The van der Waals surface area contributed by atoms with E-state index in [9.17, 15) is 47.5 Å². The van der Waals surface area contributed by atoms with Crippen LogP contribution in [0.25, 0.3) is 22.3 Å². The molecule has 75 heavy (non-hydrogen) atoms. The molecule has 0 saturated heterocycles. The summed E-state index contributed by atoms with van der Waals surface area (Å²) >= 11 is 1.05. The number of nitrogens with two attached hydrogens (primary N) is 3. The molecule has 3 aromatic rings. The number of likely N-dealkylation sites (N-methyl/N-ethyl adjacent to an activating group) is 2. The summed E-state index contributed by atoms with van der Waals surface area (Å²) < 4.78 is 28.6. The number of nitrogens with zero attached hydrogens (tertiary/aromatic N) is 4. The van der Waals surface area contributed by atoms with Crippen LogP contribution in [0.1, 0.15) is 99.1 Å².